The van der Waals surface area contributed by atoms with Crippen LogP contribution >= 0.6 is 0 Å². The Morgan fingerprint density at radius 3 is 2.97 bits per heavy atom. The van der Waals surface area contributed by atoms with Crippen molar-refractivity contribution in [1.29, 1.82) is 0 Å². The Hall–Kier alpha value is -1.90. The van der Waals surface area contributed by atoms with Gasteiger partial charge in [0.25, 0.3) is 0 Å². The molecule has 2 unspecified atom stereocenters. The highest BCUT2D eigenvalue weighted by Gasteiger charge is 2.17. The Morgan fingerprint density at radius 1 is 1.31 bits per heavy atom. The molecule has 0 aromatic carbocycles. The van der Waals surface area contributed by atoms with Crippen molar-refractivity contribution in [2.24, 2.45) is 4.99 Å². The molecule has 0 amide bonds. The summed E-state index contributed by atoms with van der Waals surface area (Å²) in [5.74, 6) is 1.80. The summed E-state index contributed by atoms with van der Waals surface area (Å²) < 4.78 is 16.8. The predicted octanol–water partition coefficient (Wildman–Crippen LogP) is 1.56. The van der Waals surface area contributed by atoms with Crippen molar-refractivity contribution in [3.8, 4) is 0 Å². The van der Waals surface area contributed by atoms with E-state index in [1.54, 1.807) is 7.05 Å². The van der Waals surface area contributed by atoms with Gasteiger partial charge in [0.15, 0.2) is 5.96 Å². The van der Waals surface area contributed by atoms with E-state index in [0.717, 1.165) is 76.1 Å². The average molecular weight is 406 g/mol. The SMILES string of the molecule is CN=C(NCCCOCC1CCCO1)NCc1ccc(N2CCOC(C)C2)nc1. The van der Waals surface area contributed by atoms with Crippen LogP contribution in [0.25, 0.3) is 0 Å². The van der Waals surface area contributed by atoms with Gasteiger partial charge in [-0.05, 0) is 37.8 Å². The summed E-state index contributed by atoms with van der Waals surface area (Å²) in [6.45, 7) is 8.45. The number of guanidine groups is 1. The lowest BCUT2D eigenvalue weighted by atomic mass is 10.2. The molecule has 162 valence electrons. The van der Waals surface area contributed by atoms with Crippen molar-refractivity contribution < 1.29 is 14.2 Å². The quantitative estimate of drug-likeness (QED) is 0.367. The van der Waals surface area contributed by atoms with E-state index < -0.39 is 0 Å². The fourth-order valence-electron chi connectivity index (χ4n) is 3.51. The third-order valence-electron chi connectivity index (χ3n) is 5.14. The molecular formula is C21H35N5O3. The number of pyridine rings is 1. The van der Waals surface area contributed by atoms with Crippen LogP contribution < -0.4 is 15.5 Å². The lowest BCUT2D eigenvalue weighted by molar-refractivity contribution is 0.0168. The maximum atomic E-state index is 5.68. The van der Waals surface area contributed by atoms with Gasteiger partial charge in [-0.3, -0.25) is 4.99 Å². The van der Waals surface area contributed by atoms with Crippen LogP contribution in [0.1, 0.15) is 31.7 Å². The van der Waals surface area contributed by atoms with Crippen molar-refractivity contribution in [3.63, 3.8) is 0 Å². The zero-order valence-electron chi connectivity index (χ0n) is 17.7. The monoisotopic (exact) mass is 405 g/mol. The second kappa shape index (κ2) is 11.9. The van der Waals surface area contributed by atoms with Crippen molar-refractivity contribution in [2.45, 2.75) is 44.9 Å². The molecule has 2 aliphatic heterocycles. The van der Waals surface area contributed by atoms with Crippen molar-refractivity contribution in [2.75, 3.05) is 58.0 Å². The largest absolute Gasteiger partial charge is 0.379 e. The van der Waals surface area contributed by atoms with Gasteiger partial charge in [0.2, 0.25) is 0 Å². The molecule has 2 atom stereocenters. The standard InChI is InChI=1S/C21H35N5O3/c1-17-15-26(9-12-28-17)20-7-6-18(13-24-20)14-25-21(22-2)23-8-4-10-27-16-19-5-3-11-29-19/h6-7,13,17,19H,3-5,8-12,14-16H2,1-2H3,(H2,22,23,25). The van der Waals surface area contributed by atoms with Crippen molar-refractivity contribution in [3.05, 3.63) is 23.9 Å². The Labute approximate surface area is 174 Å². The molecule has 0 radical (unpaired) electrons. The minimum Gasteiger partial charge on any atom is -0.379 e. The fraction of sp³-hybridized carbons (Fsp3) is 0.714. The number of morpholine rings is 1. The second-order valence-electron chi connectivity index (χ2n) is 7.57. The van der Waals surface area contributed by atoms with Crippen LogP contribution in [0.5, 0.6) is 0 Å². The topological polar surface area (TPSA) is 80.2 Å². The molecule has 3 heterocycles. The number of ether oxygens (including phenoxy) is 3. The molecule has 2 fully saturated rings. The first kappa shape index (κ1) is 21.8. The number of aromatic nitrogens is 1. The van der Waals surface area contributed by atoms with Crippen LogP contribution in [0.15, 0.2) is 23.3 Å². The summed E-state index contributed by atoms with van der Waals surface area (Å²) >= 11 is 0. The molecule has 8 nitrogen and oxygen atoms in total. The van der Waals surface area contributed by atoms with Crippen LogP contribution in [0, 0.1) is 0 Å². The van der Waals surface area contributed by atoms with E-state index in [-0.39, 0.29) is 6.10 Å². The molecule has 1 aromatic rings. The molecule has 2 saturated heterocycles. The van der Waals surface area contributed by atoms with Crippen LogP contribution in [0.2, 0.25) is 0 Å². The minimum atomic E-state index is 0.253. The van der Waals surface area contributed by atoms with Gasteiger partial charge in [0.1, 0.15) is 5.82 Å². The highest BCUT2D eigenvalue weighted by Crippen LogP contribution is 2.15. The summed E-state index contributed by atoms with van der Waals surface area (Å²) in [4.78, 5) is 11.2. The Kier molecular flexibility index (Phi) is 8.98. The van der Waals surface area contributed by atoms with E-state index in [0.29, 0.717) is 19.3 Å². The summed E-state index contributed by atoms with van der Waals surface area (Å²) in [7, 11) is 1.78. The van der Waals surface area contributed by atoms with Crippen LogP contribution in [-0.2, 0) is 20.8 Å². The van der Waals surface area contributed by atoms with Gasteiger partial charge < -0.3 is 29.7 Å². The van der Waals surface area contributed by atoms with Gasteiger partial charge in [-0.1, -0.05) is 6.07 Å². The number of aliphatic imine (C=N–C) groups is 1. The highest BCUT2D eigenvalue weighted by molar-refractivity contribution is 5.79. The number of nitrogens with one attached hydrogen (secondary N) is 2. The maximum absolute atomic E-state index is 5.68. The van der Waals surface area contributed by atoms with Crippen LogP contribution in [0.3, 0.4) is 0 Å². The lowest BCUT2D eigenvalue weighted by Gasteiger charge is -2.32. The van der Waals surface area contributed by atoms with Gasteiger partial charge in [-0.2, -0.15) is 0 Å². The van der Waals surface area contributed by atoms with Crippen molar-refractivity contribution >= 4 is 11.8 Å². The number of anilines is 1. The molecule has 2 aliphatic rings. The third-order valence-corrected chi connectivity index (χ3v) is 5.14. The van der Waals surface area contributed by atoms with Crippen LogP contribution in [0.4, 0.5) is 5.82 Å². The molecule has 0 spiro atoms. The predicted molar refractivity (Wildman–Crippen MR) is 114 cm³/mol. The number of rotatable bonds is 9. The first-order valence-electron chi connectivity index (χ1n) is 10.7. The van der Waals surface area contributed by atoms with Crippen molar-refractivity contribution in [1.82, 2.24) is 15.6 Å². The zero-order chi connectivity index (χ0) is 20.3. The van der Waals surface area contributed by atoms with Crippen LogP contribution in [-0.4, -0.2) is 76.3 Å². The molecule has 0 saturated carbocycles. The summed E-state index contributed by atoms with van der Waals surface area (Å²) in [5, 5.41) is 6.65. The van der Waals surface area contributed by atoms with Gasteiger partial charge >= 0.3 is 0 Å². The molecular weight excluding hydrogens is 370 g/mol. The average Bonchev–Trinajstić information content (AvgIpc) is 3.26. The Balaban J connectivity index is 1.30. The third kappa shape index (κ3) is 7.45. The minimum absolute atomic E-state index is 0.253. The molecule has 1 aromatic heterocycles. The van der Waals surface area contributed by atoms with Gasteiger partial charge in [0.05, 0.1) is 25.4 Å². The molecule has 2 N–H and O–H groups in total. The number of hydrogen-bond acceptors (Lipinski definition) is 6. The van der Waals surface area contributed by atoms with E-state index in [9.17, 15) is 0 Å². The van der Waals surface area contributed by atoms with Gasteiger partial charge in [-0.15, -0.1) is 0 Å². The highest BCUT2D eigenvalue weighted by atomic mass is 16.5. The summed E-state index contributed by atoms with van der Waals surface area (Å²) in [6.07, 6.45) is 5.68. The summed E-state index contributed by atoms with van der Waals surface area (Å²) in [5.41, 5.74) is 1.12. The number of hydrogen-bond donors (Lipinski definition) is 2. The number of nitrogens with zero attached hydrogens (tertiary/aromatic N) is 3. The molecule has 3 rings (SSSR count). The van der Waals surface area contributed by atoms with E-state index in [4.69, 9.17) is 14.2 Å². The fourth-order valence-corrected chi connectivity index (χ4v) is 3.51. The van der Waals surface area contributed by atoms with E-state index in [1.807, 2.05) is 6.20 Å². The smallest absolute Gasteiger partial charge is 0.191 e. The first-order valence-corrected chi connectivity index (χ1v) is 10.7. The maximum Gasteiger partial charge on any atom is 0.191 e. The lowest BCUT2D eigenvalue weighted by Crippen LogP contribution is -2.41. The van der Waals surface area contributed by atoms with Gasteiger partial charge in [0, 0.05) is 52.6 Å². The Morgan fingerprint density at radius 2 is 2.24 bits per heavy atom. The molecule has 8 heteroatoms. The zero-order valence-corrected chi connectivity index (χ0v) is 17.7. The molecule has 0 aliphatic carbocycles. The Bertz CT molecular complexity index is 619. The molecule has 0 bridgehead atoms. The second-order valence-corrected chi connectivity index (χ2v) is 7.57. The van der Waals surface area contributed by atoms with E-state index in [1.165, 1.54) is 0 Å². The van der Waals surface area contributed by atoms with E-state index in [2.05, 4.69) is 44.6 Å². The molecule has 29 heavy (non-hydrogen) atoms. The van der Waals surface area contributed by atoms with Gasteiger partial charge in [-0.25, -0.2) is 4.98 Å². The van der Waals surface area contributed by atoms with E-state index >= 15 is 0 Å². The summed E-state index contributed by atoms with van der Waals surface area (Å²) in [6, 6.07) is 4.19. The normalized spacial score (nSPS) is 22.7. The first-order chi connectivity index (χ1) is 14.2.